The molecule has 0 aliphatic carbocycles. The van der Waals surface area contributed by atoms with E-state index < -0.39 is 12.0 Å². The number of rotatable bonds is 2. The molecule has 6 nitrogen and oxygen atoms in total. The Hall–Kier alpha value is -2.47. The highest BCUT2D eigenvalue weighted by atomic mass is 35.5. The number of nitrogens with one attached hydrogen (secondary N) is 2. The Labute approximate surface area is 125 Å². The summed E-state index contributed by atoms with van der Waals surface area (Å²) >= 11 is 5.75. The van der Waals surface area contributed by atoms with E-state index in [1.165, 1.54) is 12.3 Å². The van der Waals surface area contributed by atoms with Gasteiger partial charge in [0.1, 0.15) is 5.75 Å². The number of ether oxygens (including phenoxy) is 1. The van der Waals surface area contributed by atoms with E-state index in [-0.39, 0.29) is 16.7 Å². The lowest BCUT2D eigenvalue weighted by molar-refractivity contribution is -0.122. The van der Waals surface area contributed by atoms with Crippen LogP contribution in [0.3, 0.4) is 0 Å². The minimum atomic E-state index is -0.539. The summed E-state index contributed by atoms with van der Waals surface area (Å²) in [5, 5.41) is 5.40. The first-order valence-corrected chi connectivity index (χ1v) is 6.58. The zero-order valence-electron chi connectivity index (χ0n) is 11.0. The molecule has 2 aromatic rings. The van der Waals surface area contributed by atoms with Gasteiger partial charge in [0.05, 0.1) is 17.5 Å². The van der Waals surface area contributed by atoms with Gasteiger partial charge in [-0.2, -0.15) is 0 Å². The smallest absolute Gasteiger partial charge is 0.265 e. The minimum Gasteiger partial charge on any atom is -0.479 e. The number of anilines is 2. The molecular weight excluding hydrogens is 296 g/mol. The van der Waals surface area contributed by atoms with Crippen molar-refractivity contribution >= 4 is 34.8 Å². The molecule has 0 spiro atoms. The van der Waals surface area contributed by atoms with Gasteiger partial charge in [0.2, 0.25) is 5.22 Å². The summed E-state index contributed by atoms with van der Waals surface area (Å²) in [7, 11) is 0. The highest BCUT2D eigenvalue weighted by Gasteiger charge is 2.24. The van der Waals surface area contributed by atoms with Crippen LogP contribution in [0.2, 0.25) is 5.22 Å². The molecule has 21 heavy (non-hydrogen) atoms. The third kappa shape index (κ3) is 2.57. The SMILES string of the molecule is CC1Oc2ccc(NC(=O)c3ccoc3Cl)cc2NC1=O. The molecule has 0 radical (unpaired) electrons. The lowest BCUT2D eigenvalue weighted by Gasteiger charge is -2.23. The summed E-state index contributed by atoms with van der Waals surface area (Å²) in [6.45, 7) is 1.66. The van der Waals surface area contributed by atoms with Gasteiger partial charge in [-0.05, 0) is 42.8 Å². The van der Waals surface area contributed by atoms with Gasteiger partial charge in [0.15, 0.2) is 6.10 Å². The van der Waals surface area contributed by atoms with Gasteiger partial charge in [0, 0.05) is 5.69 Å². The van der Waals surface area contributed by atoms with Crippen LogP contribution >= 0.6 is 11.6 Å². The van der Waals surface area contributed by atoms with E-state index in [9.17, 15) is 9.59 Å². The van der Waals surface area contributed by atoms with Crippen molar-refractivity contribution in [3.05, 3.63) is 41.3 Å². The second-order valence-electron chi connectivity index (χ2n) is 4.52. The first-order chi connectivity index (χ1) is 10.0. The molecule has 1 aromatic heterocycles. The molecule has 0 saturated heterocycles. The number of furan rings is 1. The molecule has 1 unspecified atom stereocenters. The molecule has 1 atom stereocenters. The van der Waals surface area contributed by atoms with E-state index in [1.54, 1.807) is 25.1 Å². The van der Waals surface area contributed by atoms with Crippen molar-refractivity contribution in [1.82, 2.24) is 0 Å². The maximum absolute atomic E-state index is 12.0. The van der Waals surface area contributed by atoms with Crippen LogP contribution < -0.4 is 15.4 Å². The fourth-order valence-electron chi connectivity index (χ4n) is 1.94. The molecule has 1 aromatic carbocycles. The average Bonchev–Trinajstić information content (AvgIpc) is 2.87. The Morgan fingerprint density at radius 3 is 2.90 bits per heavy atom. The zero-order chi connectivity index (χ0) is 15.0. The van der Waals surface area contributed by atoms with Crippen LogP contribution in [-0.2, 0) is 4.79 Å². The molecule has 3 rings (SSSR count). The van der Waals surface area contributed by atoms with Gasteiger partial charge in [-0.25, -0.2) is 0 Å². The van der Waals surface area contributed by atoms with Crippen LogP contribution in [0.15, 0.2) is 34.9 Å². The average molecular weight is 307 g/mol. The van der Waals surface area contributed by atoms with E-state index in [4.69, 9.17) is 20.8 Å². The molecule has 108 valence electrons. The fraction of sp³-hybridized carbons (Fsp3) is 0.143. The lowest BCUT2D eigenvalue weighted by Crippen LogP contribution is -2.34. The first kappa shape index (κ1) is 13.5. The van der Waals surface area contributed by atoms with Crippen LogP contribution in [-0.4, -0.2) is 17.9 Å². The van der Waals surface area contributed by atoms with Gasteiger partial charge in [-0.3, -0.25) is 9.59 Å². The number of hydrogen-bond acceptors (Lipinski definition) is 4. The zero-order valence-corrected chi connectivity index (χ0v) is 11.7. The van der Waals surface area contributed by atoms with Crippen molar-refractivity contribution in [2.75, 3.05) is 10.6 Å². The quantitative estimate of drug-likeness (QED) is 0.894. The number of benzene rings is 1. The van der Waals surface area contributed by atoms with Gasteiger partial charge in [0.25, 0.3) is 11.8 Å². The number of amides is 2. The predicted octanol–water partition coefficient (Wildman–Crippen LogP) is 2.90. The highest BCUT2D eigenvalue weighted by Crippen LogP contribution is 2.32. The summed E-state index contributed by atoms with van der Waals surface area (Å²) in [6, 6.07) is 6.44. The number of halogens is 1. The number of carbonyl (C=O) groups is 2. The van der Waals surface area contributed by atoms with E-state index in [1.807, 2.05) is 0 Å². The maximum Gasteiger partial charge on any atom is 0.265 e. The molecule has 0 fully saturated rings. The molecule has 2 heterocycles. The second-order valence-corrected chi connectivity index (χ2v) is 4.87. The topological polar surface area (TPSA) is 80.6 Å². The fourth-order valence-corrected chi connectivity index (χ4v) is 2.14. The van der Waals surface area contributed by atoms with E-state index in [0.717, 1.165) is 0 Å². The van der Waals surface area contributed by atoms with Crippen LogP contribution in [0.1, 0.15) is 17.3 Å². The van der Waals surface area contributed by atoms with Gasteiger partial charge in [-0.15, -0.1) is 0 Å². The van der Waals surface area contributed by atoms with E-state index >= 15 is 0 Å². The second kappa shape index (κ2) is 5.14. The van der Waals surface area contributed by atoms with Crippen LogP contribution in [0, 0.1) is 0 Å². The molecule has 1 aliphatic rings. The number of fused-ring (bicyclic) bond motifs is 1. The summed E-state index contributed by atoms with van der Waals surface area (Å²) < 4.78 is 10.3. The third-order valence-electron chi connectivity index (χ3n) is 3.03. The first-order valence-electron chi connectivity index (χ1n) is 6.20. The Morgan fingerprint density at radius 1 is 1.38 bits per heavy atom. The van der Waals surface area contributed by atoms with Crippen LogP contribution in [0.25, 0.3) is 0 Å². The molecule has 0 saturated carbocycles. The standard InChI is InChI=1S/C14H11ClN2O4/c1-7-13(18)17-10-6-8(2-3-11(10)21-7)16-14(19)9-4-5-20-12(9)15/h2-7H,1H3,(H,16,19)(H,17,18). The molecule has 2 N–H and O–H groups in total. The number of carbonyl (C=O) groups excluding carboxylic acids is 2. The summed E-state index contributed by atoms with van der Waals surface area (Å²) in [4.78, 5) is 23.6. The Bertz CT molecular complexity index is 726. The molecular formula is C14H11ClN2O4. The van der Waals surface area contributed by atoms with Gasteiger partial charge in [-0.1, -0.05) is 0 Å². The summed E-state index contributed by atoms with van der Waals surface area (Å²) in [5.74, 6) is -0.0737. The molecule has 2 amide bonds. The highest BCUT2D eigenvalue weighted by molar-refractivity contribution is 6.32. The normalized spacial score (nSPS) is 16.7. The lowest BCUT2D eigenvalue weighted by atomic mass is 10.2. The molecule has 7 heteroatoms. The van der Waals surface area contributed by atoms with Crippen molar-refractivity contribution in [3.63, 3.8) is 0 Å². The number of hydrogen-bond donors (Lipinski definition) is 2. The van der Waals surface area contributed by atoms with Crippen molar-refractivity contribution in [3.8, 4) is 5.75 Å². The Morgan fingerprint density at radius 2 is 2.19 bits per heavy atom. The van der Waals surface area contributed by atoms with Crippen molar-refractivity contribution in [2.45, 2.75) is 13.0 Å². The Kier molecular flexibility index (Phi) is 3.31. The largest absolute Gasteiger partial charge is 0.479 e. The van der Waals surface area contributed by atoms with Crippen molar-refractivity contribution in [1.29, 1.82) is 0 Å². The summed E-state index contributed by atoms with van der Waals surface area (Å²) in [6.07, 6.45) is 0.794. The van der Waals surface area contributed by atoms with E-state index in [2.05, 4.69) is 10.6 Å². The monoisotopic (exact) mass is 306 g/mol. The summed E-state index contributed by atoms with van der Waals surface area (Å²) in [5.41, 5.74) is 1.26. The predicted molar refractivity (Wildman–Crippen MR) is 76.8 cm³/mol. The van der Waals surface area contributed by atoms with Gasteiger partial charge >= 0.3 is 0 Å². The van der Waals surface area contributed by atoms with Crippen molar-refractivity contribution < 1.29 is 18.7 Å². The maximum atomic E-state index is 12.0. The van der Waals surface area contributed by atoms with Crippen molar-refractivity contribution in [2.24, 2.45) is 0 Å². The molecule has 0 bridgehead atoms. The Balaban J connectivity index is 1.82. The minimum absolute atomic E-state index is 0.0240. The van der Waals surface area contributed by atoms with Crippen LogP contribution in [0.5, 0.6) is 5.75 Å². The molecule has 1 aliphatic heterocycles. The van der Waals surface area contributed by atoms with Crippen LogP contribution in [0.4, 0.5) is 11.4 Å². The third-order valence-corrected chi connectivity index (χ3v) is 3.32. The van der Waals surface area contributed by atoms with E-state index in [0.29, 0.717) is 17.1 Å². The van der Waals surface area contributed by atoms with Gasteiger partial charge < -0.3 is 19.8 Å².